The first-order valence-corrected chi connectivity index (χ1v) is 5.46. The van der Waals surface area contributed by atoms with Crippen molar-refractivity contribution in [2.24, 2.45) is 5.92 Å². The van der Waals surface area contributed by atoms with E-state index in [1.54, 1.807) is 6.92 Å². The average molecular weight is 257 g/mol. The molecule has 1 aliphatic carbocycles. The van der Waals surface area contributed by atoms with Crippen molar-refractivity contribution in [3.05, 3.63) is 17.6 Å². The number of aryl methyl sites for hydroxylation is 1. The van der Waals surface area contributed by atoms with Gasteiger partial charge in [0.15, 0.2) is 0 Å². The summed E-state index contributed by atoms with van der Waals surface area (Å²) in [7, 11) is 1.43. The van der Waals surface area contributed by atoms with Gasteiger partial charge in [-0.1, -0.05) is 0 Å². The molecule has 1 heterocycles. The van der Waals surface area contributed by atoms with Gasteiger partial charge in [0.2, 0.25) is 11.8 Å². The second kappa shape index (κ2) is 4.47. The molecular weight excluding hydrogens is 244 g/mol. The number of methoxy groups -OCH3 is 1. The molecule has 1 N–H and O–H groups in total. The van der Waals surface area contributed by atoms with Gasteiger partial charge in [0, 0.05) is 12.6 Å². The molecule has 98 valence electrons. The zero-order valence-corrected chi connectivity index (χ0v) is 10.0. The van der Waals surface area contributed by atoms with Gasteiger partial charge in [-0.3, -0.25) is 9.78 Å². The summed E-state index contributed by atoms with van der Waals surface area (Å²) in [5.41, 5.74) is 1.09. The Morgan fingerprint density at radius 3 is 2.89 bits per heavy atom. The molecule has 1 aromatic rings. The highest BCUT2D eigenvalue weighted by Gasteiger charge is 2.61. The molecule has 2 rings (SSSR count). The van der Waals surface area contributed by atoms with E-state index in [-0.39, 0.29) is 18.8 Å². The Morgan fingerprint density at radius 2 is 2.33 bits per heavy atom. The summed E-state index contributed by atoms with van der Waals surface area (Å²) >= 11 is 0. The molecule has 0 radical (unpaired) electrons. The second-order valence-corrected chi connectivity index (χ2v) is 4.20. The fourth-order valence-electron chi connectivity index (χ4n) is 1.56. The first kappa shape index (κ1) is 12.7. The second-order valence-electron chi connectivity index (χ2n) is 4.20. The Kier molecular flexibility index (Phi) is 3.14. The van der Waals surface area contributed by atoms with Crippen LogP contribution in [-0.4, -0.2) is 28.9 Å². The topological polar surface area (TPSA) is 64.1 Å². The van der Waals surface area contributed by atoms with Crippen LogP contribution in [0.5, 0.6) is 5.88 Å². The van der Waals surface area contributed by atoms with Crippen LogP contribution in [-0.2, 0) is 11.3 Å². The summed E-state index contributed by atoms with van der Waals surface area (Å²) in [4.78, 5) is 19.5. The molecule has 18 heavy (non-hydrogen) atoms. The maximum Gasteiger partial charge on any atom is 0.260 e. The van der Waals surface area contributed by atoms with Gasteiger partial charge in [-0.2, -0.15) is 0 Å². The van der Waals surface area contributed by atoms with E-state index < -0.39 is 17.7 Å². The number of carbonyl (C=O) groups is 1. The van der Waals surface area contributed by atoms with Crippen LogP contribution < -0.4 is 10.1 Å². The van der Waals surface area contributed by atoms with E-state index in [4.69, 9.17) is 4.74 Å². The Bertz CT molecular complexity index is 479. The molecule has 1 aliphatic rings. The Labute approximate surface area is 103 Å². The molecular formula is C11H13F2N3O2. The van der Waals surface area contributed by atoms with Crippen molar-refractivity contribution in [2.45, 2.75) is 25.8 Å². The molecule has 1 amide bonds. The van der Waals surface area contributed by atoms with E-state index in [0.29, 0.717) is 11.4 Å². The predicted molar refractivity (Wildman–Crippen MR) is 58.2 cm³/mol. The van der Waals surface area contributed by atoms with Gasteiger partial charge in [-0.05, 0) is 6.92 Å². The number of ether oxygens (including phenoxy) is 1. The number of hydrogen-bond acceptors (Lipinski definition) is 4. The molecule has 7 heteroatoms. The molecule has 1 saturated carbocycles. The summed E-state index contributed by atoms with van der Waals surface area (Å²) in [6, 6.07) is 0. The molecule has 0 spiro atoms. The van der Waals surface area contributed by atoms with Gasteiger partial charge >= 0.3 is 0 Å². The van der Waals surface area contributed by atoms with Crippen LogP contribution in [0.25, 0.3) is 0 Å². The van der Waals surface area contributed by atoms with Crippen LogP contribution in [0.1, 0.15) is 17.8 Å². The summed E-state index contributed by atoms with van der Waals surface area (Å²) < 4.78 is 30.3. The predicted octanol–water partition coefficient (Wildman–Crippen LogP) is 1.07. The monoisotopic (exact) mass is 257 g/mol. The minimum Gasteiger partial charge on any atom is -0.480 e. The molecule has 5 nitrogen and oxygen atoms in total. The number of halogens is 2. The van der Waals surface area contributed by atoms with Gasteiger partial charge in [-0.15, -0.1) is 0 Å². The van der Waals surface area contributed by atoms with Crippen molar-refractivity contribution < 1.29 is 18.3 Å². The minimum atomic E-state index is -2.85. The highest BCUT2D eigenvalue weighted by molar-refractivity contribution is 5.82. The summed E-state index contributed by atoms with van der Waals surface area (Å²) in [6.45, 7) is 1.78. The summed E-state index contributed by atoms with van der Waals surface area (Å²) in [6.07, 6.45) is 1.14. The number of alkyl halides is 2. The van der Waals surface area contributed by atoms with E-state index in [1.165, 1.54) is 13.3 Å². The van der Waals surface area contributed by atoms with Crippen LogP contribution >= 0.6 is 0 Å². The normalized spacial score (nSPS) is 20.3. The number of rotatable bonds is 4. The molecule has 0 aromatic carbocycles. The van der Waals surface area contributed by atoms with Crippen molar-refractivity contribution in [3.8, 4) is 5.88 Å². The van der Waals surface area contributed by atoms with Crippen molar-refractivity contribution in [2.75, 3.05) is 7.11 Å². The number of hydrogen-bond donors (Lipinski definition) is 1. The third-order valence-electron chi connectivity index (χ3n) is 2.70. The van der Waals surface area contributed by atoms with E-state index in [1.807, 2.05) is 0 Å². The molecule has 1 unspecified atom stereocenters. The van der Waals surface area contributed by atoms with Crippen molar-refractivity contribution >= 4 is 5.91 Å². The lowest BCUT2D eigenvalue weighted by Gasteiger charge is -2.08. The lowest BCUT2D eigenvalue weighted by molar-refractivity contribution is -0.124. The number of amides is 1. The number of nitrogens with one attached hydrogen (secondary N) is 1. The van der Waals surface area contributed by atoms with Crippen LogP contribution in [0.2, 0.25) is 0 Å². The fourth-order valence-corrected chi connectivity index (χ4v) is 1.56. The van der Waals surface area contributed by atoms with Gasteiger partial charge < -0.3 is 10.1 Å². The smallest absolute Gasteiger partial charge is 0.260 e. The van der Waals surface area contributed by atoms with Crippen LogP contribution in [0, 0.1) is 12.8 Å². The van der Waals surface area contributed by atoms with Crippen LogP contribution in [0.4, 0.5) is 8.78 Å². The van der Waals surface area contributed by atoms with Gasteiger partial charge in [0.05, 0.1) is 19.3 Å². The average Bonchev–Trinajstić information content (AvgIpc) is 2.96. The molecule has 0 saturated heterocycles. The summed E-state index contributed by atoms with van der Waals surface area (Å²) in [5.74, 6) is -4.43. The standard InChI is InChI=1S/C11H13F2N3O2/c1-6-4-14-8(10(16-6)18-2)5-15-9(17)7-3-11(7,12)13/h4,7H,3,5H2,1-2H3,(H,15,17). The number of carbonyl (C=O) groups excluding carboxylic acids is 1. The van der Waals surface area contributed by atoms with Gasteiger partial charge in [-0.25, -0.2) is 13.8 Å². The third-order valence-corrected chi connectivity index (χ3v) is 2.70. The zero-order chi connectivity index (χ0) is 13.3. The van der Waals surface area contributed by atoms with Crippen LogP contribution in [0.3, 0.4) is 0 Å². The summed E-state index contributed by atoms with van der Waals surface area (Å²) in [5, 5.41) is 2.41. The largest absolute Gasteiger partial charge is 0.480 e. The SMILES string of the molecule is COc1nc(C)cnc1CNC(=O)C1CC1(F)F. The van der Waals surface area contributed by atoms with E-state index in [0.717, 1.165) is 0 Å². The first-order valence-electron chi connectivity index (χ1n) is 5.46. The van der Waals surface area contributed by atoms with E-state index in [9.17, 15) is 13.6 Å². The third kappa shape index (κ3) is 2.55. The molecule has 1 aromatic heterocycles. The van der Waals surface area contributed by atoms with E-state index in [2.05, 4.69) is 15.3 Å². The quantitative estimate of drug-likeness (QED) is 0.876. The molecule has 1 atom stereocenters. The van der Waals surface area contributed by atoms with Gasteiger partial charge in [0.25, 0.3) is 5.92 Å². The maximum absolute atomic E-state index is 12.7. The molecule has 1 fully saturated rings. The Balaban J connectivity index is 1.96. The van der Waals surface area contributed by atoms with Gasteiger partial charge in [0.1, 0.15) is 11.6 Å². The number of aromatic nitrogens is 2. The Hall–Kier alpha value is -1.79. The van der Waals surface area contributed by atoms with Crippen molar-refractivity contribution in [1.29, 1.82) is 0 Å². The lowest BCUT2D eigenvalue weighted by Crippen LogP contribution is -2.27. The highest BCUT2D eigenvalue weighted by atomic mass is 19.3. The lowest BCUT2D eigenvalue weighted by atomic mass is 10.3. The molecule has 0 aliphatic heterocycles. The van der Waals surface area contributed by atoms with Crippen LogP contribution in [0.15, 0.2) is 6.20 Å². The van der Waals surface area contributed by atoms with E-state index >= 15 is 0 Å². The van der Waals surface area contributed by atoms with Crippen molar-refractivity contribution in [3.63, 3.8) is 0 Å². The fraction of sp³-hybridized carbons (Fsp3) is 0.545. The van der Waals surface area contributed by atoms with Crippen molar-refractivity contribution in [1.82, 2.24) is 15.3 Å². The molecule has 0 bridgehead atoms. The Morgan fingerprint density at radius 1 is 1.67 bits per heavy atom. The number of nitrogens with zero attached hydrogens (tertiary/aromatic N) is 2. The highest BCUT2D eigenvalue weighted by Crippen LogP contribution is 2.48. The maximum atomic E-state index is 12.7. The first-order chi connectivity index (χ1) is 8.44. The zero-order valence-electron chi connectivity index (χ0n) is 10.0. The minimum absolute atomic E-state index is 0.0296.